The normalized spacial score (nSPS) is 10.6. The summed E-state index contributed by atoms with van der Waals surface area (Å²) in [5.74, 6) is -0.230. The number of benzene rings is 2. The highest BCUT2D eigenvalue weighted by Crippen LogP contribution is 2.13. The summed E-state index contributed by atoms with van der Waals surface area (Å²) in [6.07, 6.45) is 1.65. The van der Waals surface area contributed by atoms with Crippen LogP contribution in [0.1, 0.15) is 32.7 Å². The van der Waals surface area contributed by atoms with E-state index in [1.807, 2.05) is 56.3 Å². The Morgan fingerprint density at radius 3 is 2.67 bits per heavy atom. The molecule has 0 aliphatic heterocycles. The minimum atomic E-state index is -0.230. The summed E-state index contributed by atoms with van der Waals surface area (Å²) in [5, 5.41) is 10.9. The summed E-state index contributed by atoms with van der Waals surface area (Å²) in [5.41, 5.74) is 5.82. The molecule has 0 saturated carbocycles. The van der Waals surface area contributed by atoms with Crippen LogP contribution in [0.3, 0.4) is 0 Å². The molecule has 0 atom stereocenters. The Morgan fingerprint density at radius 2 is 1.92 bits per heavy atom. The van der Waals surface area contributed by atoms with Crippen molar-refractivity contribution >= 4 is 5.91 Å². The molecule has 0 aliphatic carbocycles. The smallest absolute Gasteiger partial charge is 0.273 e. The standard InChI is InChI=1S/C19H20N4O/c1-13-5-4-6-16(9-13)11-20-19(24)18-12-23(22-21-18)17-8-7-14(2)15(3)10-17/h4-10,12H,11H2,1-3H3,(H,20,24). The molecular formula is C19H20N4O. The third-order valence-corrected chi connectivity index (χ3v) is 4.02. The van der Waals surface area contributed by atoms with Gasteiger partial charge in [0.05, 0.1) is 11.9 Å². The van der Waals surface area contributed by atoms with Crippen LogP contribution >= 0.6 is 0 Å². The number of hydrogen-bond donors (Lipinski definition) is 1. The van der Waals surface area contributed by atoms with Gasteiger partial charge in [-0.3, -0.25) is 4.79 Å². The minimum absolute atomic E-state index is 0.230. The molecule has 1 amide bonds. The molecule has 3 aromatic rings. The molecule has 0 bridgehead atoms. The molecule has 122 valence electrons. The van der Waals surface area contributed by atoms with E-state index in [9.17, 15) is 4.79 Å². The molecule has 5 nitrogen and oxygen atoms in total. The van der Waals surface area contributed by atoms with Gasteiger partial charge < -0.3 is 5.32 Å². The van der Waals surface area contributed by atoms with E-state index >= 15 is 0 Å². The molecule has 3 rings (SSSR count). The summed E-state index contributed by atoms with van der Waals surface area (Å²) < 4.78 is 1.62. The molecule has 2 aromatic carbocycles. The molecule has 24 heavy (non-hydrogen) atoms. The molecule has 0 saturated heterocycles. The van der Waals surface area contributed by atoms with Gasteiger partial charge in [-0.15, -0.1) is 5.10 Å². The van der Waals surface area contributed by atoms with Gasteiger partial charge in [-0.2, -0.15) is 0 Å². The van der Waals surface area contributed by atoms with Crippen LogP contribution in [0.15, 0.2) is 48.7 Å². The highest BCUT2D eigenvalue weighted by atomic mass is 16.2. The average molecular weight is 320 g/mol. The quantitative estimate of drug-likeness (QED) is 0.803. The SMILES string of the molecule is Cc1cccc(CNC(=O)c2cn(-c3ccc(C)c(C)c3)nn2)c1. The summed E-state index contributed by atoms with van der Waals surface area (Å²) in [7, 11) is 0. The summed E-state index contributed by atoms with van der Waals surface area (Å²) >= 11 is 0. The van der Waals surface area contributed by atoms with E-state index in [4.69, 9.17) is 0 Å². The van der Waals surface area contributed by atoms with Crippen molar-refractivity contribution in [2.45, 2.75) is 27.3 Å². The van der Waals surface area contributed by atoms with Gasteiger partial charge in [0.25, 0.3) is 5.91 Å². The largest absolute Gasteiger partial charge is 0.347 e. The molecule has 1 heterocycles. The molecule has 0 unspecified atom stereocenters. The predicted octanol–water partition coefficient (Wildman–Crippen LogP) is 3.12. The summed E-state index contributed by atoms with van der Waals surface area (Å²) in [6.45, 7) is 6.60. The number of carbonyl (C=O) groups is 1. The lowest BCUT2D eigenvalue weighted by Gasteiger charge is -2.04. The maximum absolute atomic E-state index is 12.2. The van der Waals surface area contributed by atoms with Gasteiger partial charge >= 0.3 is 0 Å². The number of carbonyl (C=O) groups excluding carboxylic acids is 1. The van der Waals surface area contributed by atoms with Crippen LogP contribution in [-0.4, -0.2) is 20.9 Å². The molecule has 0 fully saturated rings. The van der Waals surface area contributed by atoms with Crippen molar-refractivity contribution in [3.05, 3.63) is 76.6 Å². The molecule has 0 aliphatic rings. The van der Waals surface area contributed by atoms with Crippen LogP contribution in [0.5, 0.6) is 0 Å². The first-order valence-corrected chi connectivity index (χ1v) is 7.86. The monoisotopic (exact) mass is 320 g/mol. The van der Waals surface area contributed by atoms with Crippen LogP contribution in [-0.2, 0) is 6.54 Å². The van der Waals surface area contributed by atoms with Crippen molar-refractivity contribution in [1.29, 1.82) is 0 Å². The van der Waals surface area contributed by atoms with Gasteiger partial charge in [0.1, 0.15) is 0 Å². The van der Waals surface area contributed by atoms with Crippen molar-refractivity contribution in [2.24, 2.45) is 0 Å². The van der Waals surface area contributed by atoms with Crippen LogP contribution in [0, 0.1) is 20.8 Å². The number of aryl methyl sites for hydroxylation is 3. The fourth-order valence-corrected chi connectivity index (χ4v) is 2.46. The number of amides is 1. The van der Waals surface area contributed by atoms with E-state index in [0.717, 1.165) is 11.3 Å². The van der Waals surface area contributed by atoms with Crippen LogP contribution < -0.4 is 5.32 Å². The van der Waals surface area contributed by atoms with E-state index in [1.165, 1.54) is 16.7 Å². The maximum Gasteiger partial charge on any atom is 0.273 e. The Bertz CT molecular complexity index is 883. The van der Waals surface area contributed by atoms with Gasteiger partial charge in [-0.25, -0.2) is 4.68 Å². The van der Waals surface area contributed by atoms with Gasteiger partial charge in [0.15, 0.2) is 5.69 Å². The first-order chi connectivity index (χ1) is 11.5. The fourth-order valence-electron chi connectivity index (χ4n) is 2.46. The van der Waals surface area contributed by atoms with Crippen LogP contribution in [0.25, 0.3) is 5.69 Å². The van der Waals surface area contributed by atoms with Gasteiger partial charge in [-0.1, -0.05) is 41.1 Å². The topological polar surface area (TPSA) is 59.8 Å². The third-order valence-electron chi connectivity index (χ3n) is 4.02. The van der Waals surface area contributed by atoms with Crippen LogP contribution in [0.2, 0.25) is 0 Å². The number of nitrogens with zero attached hydrogens (tertiary/aromatic N) is 3. The Kier molecular flexibility index (Phi) is 4.42. The van der Waals surface area contributed by atoms with Crippen molar-refractivity contribution in [3.8, 4) is 5.69 Å². The summed E-state index contributed by atoms with van der Waals surface area (Å²) in [4.78, 5) is 12.2. The van der Waals surface area contributed by atoms with E-state index in [1.54, 1.807) is 10.9 Å². The van der Waals surface area contributed by atoms with Crippen molar-refractivity contribution < 1.29 is 4.79 Å². The average Bonchev–Trinajstić information content (AvgIpc) is 3.05. The minimum Gasteiger partial charge on any atom is -0.347 e. The lowest BCUT2D eigenvalue weighted by molar-refractivity contribution is 0.0946. The second-order valence-corrected chi connectivity index (χ2v) is 5.99. The Hall–Kier alpha value is -2.95. The van der Waals surface area contributed by atoms with Gasteiger partial charge in [0, 0.05) is 6.54 Å². The fraction of sp³-hybridized carbons (Fsp3) is 0.211. The second kappa shape index (κ2) is 6.66. The lowest BCUT2D eigenvalue weighted by Crippen LogP contribution is -2.23. The van der Waals surface area contributed by atoms with Crippen LogP contribution in [0.4, 0.5) is 0 Å². The number of nitrogens with one attached hydrogen (secondary N) is 1. The zero-order valence-corrected chi connectivity index (χ0v) is 14.1. The molecule has 0 radical (unpaired) electrons. The highest BCUT2D eigenvalue weighted by molar-refractivity contribution is 5.91. The Labute approximate surface area is 141 Å². The molecule has 5 heteroatoms. The second-order valence-electron chi connectivity index (χ2n) is 5.99. The molecule has 1 aromatic heterocycles. The van der Waals surface area contributed by atoms with E-state index in [-0.39, 0.29) is 5.91 Å². The predicted molar refractivity (Wildman–Crippen MR) is 93.2 cm³/mol. The summed E-state index contributed by atoms with van der Waals surface area (Å²) in [6, 6.07) is 14.1. The molecular weight excluding hydrogens is 300 g/mol. The zero-order chi connectivity index (χ0) is 17.1. The zero-order valence-electron chi connectivity index (χ0n) is 14.1. The molecule has 0 spiro atoms. The Morgan fingerprint density at radius 1 is 1.08 bits per heavy atom. The Balaban J connectivity index is 1.70. The first-order valence-electron chi connectivity index (χ1n) is 7.86. The van der Waals surface area contributed by atoms with E-state index in [2.05, 4.69) is 22.6 Å². The van der Waals surface area contributed by atoms with E-state index in [0.29, 0.717) is 12.2 Å². The molecule has 1 N–H and O–H groups in total. The van der Waals surface area contributed by atoms with E-state index < -0.39 is 0 Å². The number of aromatic nitrogens is 3. The van der Waals surface area contributed by atoms with Gasteiger partial charge in [-0.05, 0) is 49.6 Å². The lowest BCUT2D eigenvalue weighted by atomic mass is 10.1. The number of rotatable bonds is 4. The highest BCUT2D eigenvalue weighted by Gasteiger charge is 2.11. The van der Waals surface area contributed by atoms with Crippen molar-refractivity contribution in [1.82, 2.24) is 20.3 Å². The van der Waals surface area contributed by atoms with Crippen molar-refractivity contribution in [2.75, 3.05) is 0 Å². The third kappa shape index (κ3) is 3.51. The number of hydrogen-bond acceptors (Lipinski definition) is 3. The van der Waals surface area contributed by atoms with Gasteiger partial charge in [0.2, 0.25) is 0 Å². The first kappa shape index (κ1) is 15.9. The maximum atomic E-state index is 12.2. The van der Waals surface area contributed by atoms with Crippen molar-refractivity contribution in [3.63, 3.8) is 0 Å².